The van der Waals surface area contributed by atoms with Crippen LogP contribution >= 0.6 is 0 Å². The van der Waals surface area contributed by atoms with E-state index in [0.717, 1.165) is 32.3 Å². The van der Waals surface area contributed by atoms with E-state index in [1.807, 2.05) is 30.3 Å². The highest BCUT2D eigenvalue weighted by atomic mass is 16.8. The summed E-state index contributed by atoms with van der Waals surface area (Å²) in [6.45, 7) is 2.93. The molecule has 4 aromatic carbocycles. The van der Waals surface area contributed by atoms with Crippen molar-refractivity contribution in [3.05, 3.63) is 72.8 Å². The molecule has 2 aromatic heterocycles. The quantitative estimate of drug-likeness (QED) is 0.162. The number of benzene rings is 4. The second kappa shape index (κ2) is 9.81. The molecule has 0 saturated carbocycles. The number of hydrogen-bond acceptors (Lipinski definition) is 11. The van der Waals surface area contributed by atoms with E-state index in [0.29, 0.717) is 16.7 Å². The Kier molecular flexibility index (Phi) is 5.95. The van der Waals surface area contributed by atoms with Crippen molar-refractivity contribution in [2.75, 3.05) is 18.9 Å². The van der Waals surface area contributed by atoms with E-state index in [-0.39, 0.29) is 18.2 Å². The summed E-state index contributed by atoms with van der Waals surface area (Å²) in [5.74, 6) is -0.987. The van der Waals surface area contributed by atoms with Crippen molar-refractivity contribution in [2.45, 2.75) is 44.2 Å². The molecule has 0 aliphatic carbocycles. The zero-order valence-corrected chi connectivity index (χ0v) is 23.8. The van der Waals surface area contributed by atoms with Crippen LogP contribution in [0.3, 0.4) is 0 Å². The summed E-state index contributed by atoms with van der Waals surface area (Å²) in [6.07, 6.45) is -0.567. The summed E-state index contributed by atoms with van der Waals surface area (Å²) in [5.41, 5.74) is 7.34. The van der Waals surface area contributed by atoms with Crippen LogP contribution in [0.25, 0.3) is 43.5 Å². The molecule has 6 aromatic rings. The van der Waals surface area contributed by atoms with Crippen molar-refractivity contribution in [1.29, 1.82) is 0 Å². The summed E-state index contributed by atoms with van der Waals surface area (Å²) < 4.78 is 30.8. The Bertz CT molecular complexity index is 2080. The zero-order chi connectivity index (χ0) is 30.2. The molecule has 4 atom stereocenters. The van der Waals surface area contributed by atoms with Gasteiger partial charge in [-0.25, -0.2) is 19.7 Å². The molecule has 222 valence electrons. The predicted octanol–water partition coefficient (Wildman–Crippen LogP) is 4.76. The van der Waals surface area contributed by atoms with Gasteiger partial charge >= 0.3 is 6.16 Å². The lowest BCUT2D eigenvalue weighted by atomic mass is 9.91. The highest BCUT2D eigenvalue weighted by Gasteiger charge is 2.56. The van der Waals surface area contributed by atoms with Crippen molar-refractivity contribution in [3.63, 3.8) is 0 Å². The largest absolute Gasteiger partial charge is 0.508 e. The van der Waals surface area contributed by atoms with Crippen LogP contribution in [0.1, 0.15) is 30.4 Å². The van der Waals surface area contributed by atoms with Crippen molar-refractivity contribution in [3.8, 4) is 0 Å². The number of hydrogen-bond donors (Lipinski definition) is 1. The van der Waals surface area contributed by atoms with Gasteiger partial charge in [0.15, 0.2) is 30.1 Å². The number of nitrogen functional groups attached to an aromatic ring is 1. The Morgan fingerprint density at radius 3 is 2.45 bits per heavy atom. The van der Waals surface area contributed by atoms with Crippen LogP contribution in [-0.4, -0.2) is 68.8 Å². The number of aromatic nitrogens is 4. The van der Waals surface area contributed by atoms with Gasteiger partial charge in [-0.1, -0.05) is 54.6 Å². The number of ether oxygens (including phenoxy) is 5. The molecule has 2 fully saturated rings. The molecular weight excluding hydrogens is 566 g/mol. The minimum atomic E-state index is -0.994. The first-order valence-corrected chi connectivity index (χ1v) is 14.2. The van der Waals surface area contributed by atoms with Gasteiger partial charge in [-0.05, 0) is 46.2 Å². The van der Waals surface area contributed by atoms with E-state index < -0.39 is 43.1 Å². The van der Waals surface area contributed by atoms with Gasteiger partial charge in [0.1, 0.15) is 36.8 Å². The van der Waals surface area contributed by atoms with E-state index in [9.17, 15) is 9.59 Å². The lowest BCUT2D eigenvalue weighted by Gasteiger charge is -2.24. The summed E-state index contributed by atoms with van der Waals surface area (Å²) in [6, 6.07) is 17.9. The first kappa shape index (κ1) is 26.7. The molecule has 0 amide bonds. The Morgan fingerprint density at radius 1 is 0.909 bits per heavy atom. The number of nitrogens with two attached hydrogens (primary N) is 1. The first-order valence-electron chi connectivity index (χ1n) is 14.2. The smallest absolute Gasteiger partial charge is 0.431 e. The molecular formula is C32H27N5O7. The van der Waals surface area contributed by atoms with Crippen molar-refractivity contribution < 1.29 is 33.3 Å². The normalized spacial score (nSPS) is 22.7. The number of rotatable bonds is 6. The van der Waals surface area contributed by atoms with E-state index in [1.54, 1.807) is 30.8 Å². The number of Topliss-reactive ketones (excluding diaryl/α,β-unsaturated/α-hetero) is 1. The Morgan fingerprint density at radius 2 is 1.64 bits per heavy atom. The molecule has 0 radical (unpaired) electrons. The highest BCUT2D eigenvalue weighted by Crippen LogP contribution is 2.44. The first-order chi connectivity index (χ1) is 21.3. The SMILES string of the molecule is CC1(C)O[C@@H]2[C@H](O1)[C@@H](COC(=O)OCC(=O)c1ccc3ccc4cccc5ccc1c3c45)O[C@H]2n1cnc2c(N)ncnc21. The topological polar surface area (TPSA) is 150 Å². The predicted molar refractivity (Wildman–Crippen MR) is 159 cm³/mol. The van der Waals surface area contributed by atoms with Crippen LogP contribution in [0.2, 0.25) is 0 Å². The van der Waals surface area contributed by atoms with Gasteiger partial charge in [0, 0.05) is 5.56 Å². The van der Waals surface area contributed by atoms with Gasteiger partial charge < -0.3 is 29.4 Å². The van der Waals surface area contributed by atoms with E-state index in [1.165, 1.54) is 6.33 Å². The monoisotopic (exact) mass is 593 g/mol. The van der Waals surface area contributed by atoms with Crippen LogP contribution in [0.5, 0.6) is 0 Å². The summed E-state index contributed by atoms with van der Waals surface area (Å²) in [5, 5.41) is 6.16. The van der Waals surface area contributed by atoms with Gasteiger partial charge in [-0.2, -0.15) is 0 Å². The molecule has 2 N–H and O–H groups in total. The zero-order valence-electron chi connectivity index (χ0n) is 23.8. The average Bonchev–Trinajstić information content (AvgIpc) is 3.68. The lowest BCUT2D eigenvalue weighted by Crippen LogP contribution is -2.34. The highest BCUT2D eigenvalue weighted by molar-refractivity contribution is 6.26. The molecule has 2 aliphatic heterocycles. The maximum atomic E-state index is 13.3. The Hall–Kier alpha value is -4.91. The molecule has 2 saturated heterocycles. The summed E-state index contributed by atoms with van der Waals surface area (Å²) in [4.78, 5) is 38.5. The average molecular weight is 594 g/mol. The second-order valence-corrected chi connectivity index (χ2v) is 11.5. The molecule has 8 rings (SSSR count). The van der Waals surface area contributed by atoms with Crippen LogP contribution in [0, 0.1) is 0 Å². The molecule has 0 spiro atoms. The third-order valence-corrected chi connectivity index (χ3v) is 8.30. The lowest BCUT2D eigenvalue weighted by molar-refractivity contribution is -0.200. The van der Waals surface area contributed by atoms with Crippen LogP contribution in [0.15, 0.2) is 67.3 Å². The van der Waals surface area contributed by atoms with Crippen LogP contribution in [-0.2, 0) is 23.7 Å². The molecule has 4 heterocycles. The van der Waals surface area contributed by atoms with Crippen LogP contribution < -0.4 is 5.73 Å². The number of anilines is 1. The van der Waals surface area contributed by atoms with Crippen molar-refractivity contribution in [2.24, 2.45) is 0 Å². The molecule has 0 bridgehead atoms. The van der Waals surface area contributed by atoms with Gasteiger partial charge in [0.2, 0.25) is 5.78 Å². The molecule has 0 unspecified atom stereocenters. The van der Waals surface area contributed by atoms with E-state index >= 15 is 0 Å². The third kappa shape index (κ3) is 4.21. The number of carbonyl (C=O) groups is 2. The van der Waals surface area contributed by atoms with Crippen molar-refractivity contribution >= 4 is 61.2 Å². The second-order valence-electron chi connectivity index (χ2n) is 11.5. The standard InChI is InChI=1S/C32H27N5O7/c1-32(2)43-26-22(42-30(27(26)44-32)37-15-36-25-28(33)34-14-35-29(25)37)13-41-31(39)40-12-21(38)19-10-8-18-7-6-16-4-3-5-17-9-11-20(19)24(18)23(16)17/h3-11,14-15,22,26-27,30H,12-13H2,1-2H3,(H2,33,34,35)/t22-,26-,27-,30-/m1/s1. The van der Waals surface area contributed by atoms with Gasteiger partial charge in [0.25, 0.3) is 0 Å². The third-order valence-electron chi connectivity index (χ3n) is 8.30. The van der Waals surface area contributed by atoms with Crippen LogP contribution in [0.4, 0.5) is 10.6 Å². The number of nitrogens with zero attached hydrogens (tertiary/aromatic N) is 4. The Balaban J connectivity index is 0.965. The minimum Gasteiger partial charge on any atom is -0.431 e. The maximum absolute atomic E-state index is 13.3. The molecule has 2 aliphatic rings. The van der Waals surface area contributed by atoms with E-state index in [2.05, 4.69) is 33.2 Å². The fourth-order valence-electron chi connectivity index (χ4n) is 6.45. The molecule has 12 heteroatoms. The maximum Gasteiger partial charge on any atom is 0.508 e. The Labute approximate surface area is 250 Å². The fourth-order valence-corrected chi connectivity index (χ4v) is 6.45. The fraction of sp³-hybridized carbons (Fsp3) is 0.281. The number of ketones is 1. The number of fused-ring (bicyclic) bond motifs is 2. The summed E-state index contributed by atoms with van der Waals surface area (Å²) in [7, 11) is 0. The number of carbonyl (C=O) groups excluding carboxylic acids is 2. The van der Waals surface area contributed by atoms with Gasteiger partial charge in [-0.15, -0.1) is 0 Å². The van der Waals surface area contributed by atoms with E-state index in [4.69, 9.17) is 29.4 Å². The molecule has 44 heavy (non-hydrogen) atoms. The minimum absolute atomic E-state index is 0.188. The van der Waals surface area contributed by atoms with Gasteiger partial charge in [-0.3, -0.25) is 9.36 Å². The summed E-state index contributed by atoms with van der Waals surface area (Å²) >= 11 is 0. The molecule has 12 nitrogen and oxygen atoms in total. The number of imidazole rings is 1. The van der Waals surface area contributed by atoms with Crippen molar-refractivity contribution in [1.82, 2.24) is 19.5 Å². The van der Waals surface area contributed by atoms with Gasteiger partial charge in [0.05, 0.1) is 6.33 Å².